The molecule has 0 N–H and O–H groups in total. The molecule has 0 aromatic heterocycles. The largest absolute Gasteiger partial charge is 0.386 e. The zero-order valence-corrected chi connectivity index (χ0v) is 18.4. The fourth-order valence-electron chi connectivity index (χ4n) is 4.46. The first-order valence-corrected chi connectivity index (χ1v) is 11.1. The van der Waals surface area contributed by atoms with Crippen LogP contribution in [0.2, 0.25) is 5.02 Å². The lowest BCUT2D eigenvalue weighted by Gasteiger charge is -2.27. The van der Waals surface area contributed by atoms with Gasteiger partial charge in [0.15, 0.2) is 12.3 Å². The Morgan fingerprint density at radius 3 is 2.44 bits per heavy atom. The summed E-state index contributed by atoms with van der Waals surface area (Å²) in [6.07, 6.45) is -0.980. The summed E-state index contributed by atoms with van der Waals surface area (Å²) in [5.41, 5.74) is 4.72. The first-order chi connectivity index (χ1) is 15.7. The Hall–Kier alpha value is -3.15. The van der Waals surface area contributed by atoms with Gasteiger partial charge in [0.05, 0.1) is 0 Å². The average molecular weight is 447 g/mol. The molecule has 0 unspecified atom stereocenters. The number of nitrogens with zero attached hydrogens (tertiary/aromatic N) is 2. The summed E-state index contributed by atoms with van der Waals surface area (Å²) in [7, 11) is 0. The Bertz CT molecular complexity index is 1150. The van der Waals surface area contributed by atoms with Crippen molar-refractivity contribution in [2.75, 3.05) is 6.61 Å². The van der Waals surface area contributed by atoms with Crippen molar-refractivity contribution in [2.24, 2.45) is 11.1 Å². The van der Waals surface area contributed by atoms with E-state index in [0.29, 0.717) is 23.9 Å². The number of hydrogen-bond donors (Lipinski definition) is 0. The molecule has 0 saturated carbocycles. The van der Waals surface area contributed by atoms with Crippen molar-refractivity contribution >= 4 is 23.2 Å². The van der Waals surface area contributed by atoms with Crippen LogP contribution in [0.4, 0.5) is 0 Å². The van der Waals surface area contributed by atoms with Gasteiger partial charge in [-0.1, -0.05) is 83.5 Å². The number of oxime groups is 1. The second-order valence-corrected chi connectivity index (χ2v) is 8.30. The summed E-state index contributed by atoms with van der Waals surface area (Å²) in [4.78, 5) is 21.2. The monoisotopic (exact) mass is 446 g/mol. The second kappa shape index (κ2) is 8.77. The zero-order chi connectivity index (χ0) is 22.1. The first-order valence-electron chi connectivity index (χ1n) is 10.7. The maximum absolute atomic E-state index is 13.6. The fraction of sp³-hybridized carbons (Fsp3) is 0.231. The van der Waals surface area contributed by atoms with E-state index in [-0.39, 0.29) is 5.91 Å². The van der Waals surface area contributed by atoms with Crippen molar-refractivity contribution in [3.63, 3.8) is 0 Å². The third-order valence-electron chi connectivity index (χ3n) is 5.95. The van der Waals surface area contributed by atoms with Crippen molar-refractivity contribution in [1.82, 2.24) is 4.90 Å². The van der Waals surface area contributed by atoms with E-state index in [0.717, 1.165) is 22.3 Å². The van der Waals surface area contributed by atoms with E-state index in [1.807, 2.05) is 49.4 Å². The van der Waals surface area contributed by atoms with Crippen molar-refractivity contribution in [3.8, 4) is 11.1 Å². The van der Waals surface area contributed by atoms with Gasteiger partial charge in [-0.2, -0.15) is 0 Å². The molecule has 1 amide bonds. The van der Waals surface area contributed by atoms with Crippen LogP contribution in [0.3, 0.4) is 0 Å². The highest BCUT2D eigenvalue weighted by atomic mass is 35.5. The molecular weight excluding hydrogens is 424 g/mol. The molecule has 3 aromatic carbocycles. The third-order valence-corrected chi connectivity index (χ3v) is 6.21. The summed E-state index contributed by atoms with van der Waals surface area (Å²) in [6.45, 7) is 2.82. The molecule has 0 spiro atoms. The molecule has 162 valence electrons. The predicted octanol–water partition coefficient (Wildman–Crippen LogP) is 5.13. The van der Waals surface area contributed by atoms with Gasteiger partial charge in [-0.3, -0.25) is 4.79 Å². The van der Waals surface area contributed by atoms with E-state index in [1.54, 1.807) is 17.0 Å². The van der Waals surface area contributed by atoms with E-state index in [2.05, 4.69) is 29.4 Å². The Kier molecular flexibility index (Phi) is 5.68. The Balaban J connectivity index is 1.47. The number of hydrogen-bond acceptors (Lipinski definition) is 4. The van der Waals surface area contributed by atoms with Crippen LogP contribution in [0.1, 0.15) is 18.1 Å². The SMILES string of the molecule is CCO[C@@H]1[C@H]2ON=C(c3ccc(Cl)cc3)[C@H]2C(=O)N1Cc1ccccc1-c1ccccc1. The van der Waals surface area contributed by atoms with Crippen molar-refractivity contribution in [2.45, 2.75) is 25.8 Å². The maximum Gasteiger partial charge on any atom is 0.238 e. The lowest BCUT2D eigenvalue weighted by Crippen LogP contribution is -2.39. The second-order valence-electron chi connectivity index (χ2n) is 7.87. The van der Waals surface area contributed by atoms with Crippen LogP contribution in [0.5, 0.6) is 0 Å². The summed E-state index contributed by atoms with van der Waals surface area (Å²) >= 11 is 6.04. The molecule has 1 saturated heterocycles. The van der Waals surface area contributed by atoms with Crippen LogP contribution in [0.15, 0.2) is 84.0 Å². The zero-order valence-electron chi connectivity index (χ0n) is 17.6. The minimum Gasteiger partial charge on any atom is -0.386 e. The molecule has 5 nitrogen and oxygen atoms in total. The molecule has 0 aliphatic carbocycles. The van der Waals surface area contributed by atoms with Gasteiger partial charge in [0.1, 0.15) is 11.6 Å². The van der Waals surface area contributed by atoms with Gasteiger partial charge >= 0.3 is 0 Å². The Labute approximate surface area is 192 Å². The van der Waals surface area contributed by atoms with Crippen LogP contribution >= 0.6 is 11.6 Å². The molecule has 2 heterocycles. The van der Waals surface area contributed by atoms with Crippen molar-refractivity contribution < 1.29 is 14.4 Å². The van der Waals surface area contributed by atoms with Crippen molar-refractivity contribution in [1.29, 1.82) is 0 Å². The van der Waals surface area contributed by atoms with E-state index in [4.69, 9.17) is 21.2 Å². The van der Waals surface area contributed by atoms with E-state index >= 15 is 0 Å². The van der Waals surface area contributed by atoms with Crippen molar-refractivity contribution in [3.05, 3.63) is 95.0 Å². The van der Waals surface area contributed by atoms with Gasteiger partial charge in [-0.15, -0.1) is 0 Å². The van der Waals surface area contributed by atoms with E-state index in [1.165, 1.54) is 0 Å². The molecule has 2 aliphatic rings. The molecule has 32 heavy (non-hydrogen) atoms. The van der Waals surface area contributed by atoms with E-state index < -0.39 is 18.2 Å². The van der Waals surface area contributed by atoms with Gasteiger partial charge in [0, 0.05) is 23.7 Å². The molecule has 1 fully saturated rings. The first kappa shape index (κ1) is 20.7. The van der Waals surface area contributed by atoms with E-state index in [9.17, 15) is 4.79 Å². The number of fused-ring (bicyclic) bond motifs is 1. The van der Waals surface area contributed by atoms with Gasteiger partial charge in [-0.25, -0.2) is 0 Å². The van der Waals surface area contributed by atoms with Crippen LogP contribution in [-0.2, 0) is 20.9 Å². The van der Waals surface area contributed by atoms with Gasteiger partial charge in [0.2, 0.25) is 5.91 Å². The molecule has 0 radical (unpaired) electrons. The molecule has 3 atom stereocenters. The lowest BCUT2D eigenvalue weighted by atomic mass is 9.94. The third kappa shape index (κ3) is 3.68. The molecule has 0 bridgehead atoms. The highest BCUT2D eigenvalue weighted by Crippen LogP contribution is 2.38. The normalized spacial score (nSPS) is 21.9. The quantitative estimate of drug-likeness (QED) is 0.527. The highest BCUT2D eigenvalue weighted by Gasteiger charge is 2.56. The number of ether oxygens (including phenoxy) is 1. The molecule has 5 rings (SSSR count). The number of amides is 1. The Morgan fingerprint density at radius 2 is 1.69 bits per heavy atom. The van der Waals surface area contributed by atoms with Crippen LogP contribution < -0.4 is 0 Å². The topological polar surface area (TPSA) is 51.1 Å². The number of carbonyl (C=O) groups is 1. The summed E-state index contributed by atoms with van der Waals surface area (Å²) in [5, 5.41) is 4.89. The number of benzene rings is 3. The average Bonchev–Trinajstić information content (AvgIpc) is 3.36. The van der Waals surface area contributed by atoms with Crippen LogP contribution in [0.25, 0.3) is 11.1 Å². The van der Waals surface area contributed by atoms with Gasteiger partial charge < -0.3 is 14.5 Å². The number of carbonyl (C=O) groups excluding carboxylic acids is 1. The fourth-order valence-corrected chi connectivity index (χ4v) is 4.59. The molecule has 6 heteroatoms. The van der Waals surface area contributed by atoms with Crippen LogP contribution in [0, 0.1) is 5.92 Å². The molecule has 3 aromatic rings. The highest BCUT2D eigenvalue weighted by molar-refractivity contribution is 6.30. The van der Waals surface area contributed by atoms with Crippen LogP contribution in [-0.4, -0.2) is 35.5 Å². The summed E-state index contributed by atoms with van der Waals surface area (Å²) in [5.74, 6) is -0.542. The van der Waals surface area contributed by atoms with Gasteiger partial charge in [0.25, 0.3) is 0 Å². The Morgan fingerprint density at radius 1 is 0.969 bits per heavy atom. The number of halogens is 1. The molecular formula is C26H23ClN2O3. The predicted molar refractivity (Wildman–Crippen MR) is 124 cm³/mol. The summed E-state index contributed by atoms with van der Waals surface area (Å²) < 4.78 is 6.01. The maximum atomic E-state index is 13.6. The van der Waals surface area contributed by atoms with Gasteiger partial charge in [-0.05, 0) is 35.7 Å². The number of likely N-dealkylation sites (tertiary alicyclic amines) is 1. The molecule has 2 aliphatic heterocycles. The smallest absolute Gasteiger partial charge is 0.238 e. The minimum atomic E-state index is -0.505. The standard InChI is InChI=1S/C26H23ClN2O3/c1-2-31-26-24-22(23(28-32-24)18-12-14-20(27)15-13-18)25(30)29(26)16-19-10-6-7-11-21(19)17-8-4-3-5-9-17/h3-15,22,24,26H,2,16H2,1H3/t22-,24+,26-/m1/s1. The summed E-state index contributed by atoms with van der Waals surface area (Å²) in [6, 6.07) is 25.6. The lowest BCUT2D eigenvalue weighted by molar-refractivity contribution is -0.142. The number of rotatable bonds is 6. The minimum absolute atomic E-state index is 0.0393.